The molecule has 2 heteroatoms. The highest BCUT2D eigenvalue weighted by Crippen LogP contribution is 2.39. The smallest absolute Gasteiger partial charge is 0.150 e. The molecule has 1 heterocycles. The molecule has 0 N–H and O–H groups in total. The van der Waals surface area contributed by atoms with Crippen LogP contribution >= 0.6 is 11.6 Å². The van der Waals surface area contributed by atoms with E-state index in [1.807, 2.05) is 36.4 Å². The van der Waals surface area contributed by atoms with Crippen molar-refractivity contribution in [2.45, 2.75) is 6.10 Å². The van der Waals surface area contributed by atoms with Gasteiger partial charge in [0.25, 0.3) is 0 Å². The maximum Gasteiger partial charge on any atom is 0.150 e. The molecule has 2 aromatic carbocycles. The fraction of sp³-hybridized carbons (Fsp3) is 0.0588. The molecule has 1 unspecified atom stereocenters. The monoisotopic (exact) mass is 268 g/mol. The Morgan fingerprint density at radius 1 is 0.842 bits per heavy atom. The Hall–Kier alpha value is -1.99. The molecule has 0 aromatic heterocycles. The summed E-state index contributed by atoms with van der Waals surface area (Å²) >= 11 is 6.37. The lowest BCUT2D eigenvalue weighted by molar-refractivity contribution is 0.195. The van der Waals surface area contributed by atoms with Gasteiger partial charge in [0, 0.05) is 5.57 Å². The van der Waals surface area contributed by atoms with Crippen LogP contribution in [0.1, 0.15) is 17.2 Å². The summed E-state index contributed by atoms with van der Waals surface area (Å²) < 4.78 is 5.78. The molecule has 1 aliphatic rings. The zero-order chi connectivity index (χ0) is 13.1. The maximum atomic E-state index is 6.37. The number of allylic oxidation sites excluding steroid dienone is 2. The molecule has 94 valence electrons. The summed E-state index contributed by atoms with van der Waals surface area (Å²) in [7, 11) is 0. The standard InChI is InChI=1S/C17H13ClO/c18-15-11-12-19-17(14-9-5-2-6-10-14)16(15)13-7-3-1-4-8-13/h1-12,17H. The van der Waals surface area contributed by atoms with Crippen LogP contribution < -0.4 is 0 Å². The lowest BCUT2D eigenvalue weighted by atomic mass is 9.93. The van der Waals surface area contributed by atoms with Crippen LogP contribution in [0, 0.1) is 0 Å². The first-order valence-electron chi connectivity index (χ1n) is 6.18. The highest BCUT2D eigenvalue weighted by Gasteiger charge is 2.23. The highest BCUT2D eigenvalue weighted by atomic mass is 35.5. The summed E-state index contributed by atoms with van der Waals surface area (Å²) in [5.41, 5.74) is 3.20. The third-order valence-electron chi connectivity index (χ3n) is 3.14. The van der Waals surface area contributed by atoms with Crippen molar-refractivity contribution in [3.63, 3.8) is 0 Å². The van der Waals surface area contributed by atoms with Gasteiger partial charge in [0.1, 0.15) is 6.10 Å². The van der Waals surface area contributed by atoms with Crippen LogP contribution in [0.3, 0.4) is 0 Å². The predicted octanol–water partition coefficient (Wildman–Crippen LogP) is 4.92. The predicted molar refractivity (Wildman–Crippen MR) is 78.6 cm³/mol. The Labute approximate surface area is 117 Å². The second-order valence-corrected chi connectivity index (χ2v) is 4.76. The van der Waals surface area contributed by atoms with E-state index in [4.69, 9.17) is 16.3 Å². The molecule has 0 spiro atoms. The van der Waals surface area contributed by atoms with E-state index >= 15 is 0 Å². The van der Waals surface area contributed by atoms with Crippen LogP contribution in [0.4, 0.5) is 0 Å². The van der Waals surface area contributed by atoms with Crippen molar-refractivity contribution in [2.24, 2.45) is 0 Å². The molecule has 0 saturated carbocycles. The van der Waals surface area contributed by atoms with E-state index in [0.29, 0.717) is 0 Å². The molecule has 0 radical (unpaired) electrons. The fourth-order valence-electron chi connectivity index (χ4n) is 2.24. The lowest BCUT2D eigenvalue weighted by Gasteiger charge is -2.24. The van der Waals surface area contributed by atoms with Gasteiger partial charge in [-0.2, -0.15) is 0 Å². The Morgan fingerprint density at radius 3 is 2.16 bits per heavy atom. The van der Waals surface area contributed by atoms with Crippen LogP contribution in [0.5, 0.6) is 0 Å². The Bertz CT molecular complexity index is 614. The van der Waals surface area contributed by atoms with Gasteiger partial charge < -0.3 is 4.74 Å². The van der Waals surface area contributed by atoms with E-state index in [0.717, 1.165) is 21.7 Å². The van der Waals surface area contributed by atoms with Crippen LogP contribution in [0.2, 0.25) is 0 Å². The molecule has 3 rings (SSSR count). The van der Waals surface area contributed by atoms with Crippen LogP contribution in [0.15, 0.2) is 78.0 Å². The number of halogens is 1. The summed E-state index contributed by atoms with van der Waals surface area (Å²) in [5.74, 6) is 0. The first-order chi connectivity index (χ1) is 9.36. The van der Waals surface area contributed by atoms with Crippen molar-refractivity contribution in [1.29, 1.82) is 0 Å². The molecule has 1 nitrogen and oxygen atoms in total. The number of hydrogen-bond donors (Lipinski definition) is 0. The van der Waals surface area contributed by atoms with Crippen LogP contribution in [-0.2, 0) is 4.74 Å². The zero-order valence-electron chi connectivity index (χ0n) is 10.3. The van der Waals surface area contributed by atoms with Gasteiger partial charge >= 0.3 is 0 Å². The lowest BCUT2D eigenvalue weighted by Crippen LogP contribution is -2.08. The van der Waals surface area contributed by atoms with Gasteiger partial charge in [0.15, 0.2) is 0 Å². The largest absolute Gasteiger partial charge is 0.488 e. The Balaban J connectivity index is 2.09. The molecular formula is C17H13ClO. The minimum atomic E-state index is -0.152. The summed E-state index contributed by atoms with van der Waals surface area (Å²) in [6.07, 6.45) is 3.30. The molecule has 2 aromatic rings. The van der Waals surface area contributed by atoms with Gasteiger partial charge in [-0.05, 0) is 17.2 Å². The number of ether oxygens (including phenoxy) is 1. The van der Waals surface area contributed by atoms with Gasteiger partial charge in [-0.25, -0.2) is 0 Å². The van der Waals surface area contributed by atoms with E-state index in [1.165, 1.54) is 0 Å². The summed E-state index contributed by atoms with van der Waals surface area (Å²) in [5, 5.41) is 0.728. The summed E-state index contributed by atoms with van der Waals surface area (Å²) in [6.45, 7) is 0. The second kappa shape index (κ2) is 5.33. The van der Waals surface area contributed by atoms with Crippen LogP contribution in [-0.4, -0.2) is 0 Å². The molecule has 0 aliphatic carbocycles. The van der Waals surface area contributed by atoms with Crippen molar-refractivity contribution in [1.82, 2.24) is 0 Å². The zero-order valence-corrected chi connectivity index (χ0v) is 11.0. The van der Waals surface area contributed by atoms with Crippen molar-refractivity contribution in [2.75, 3.05) is 0 Å². The van der Waals surface area contributed by atoms with E-state index in [1.54, 1.807) is 12.3 Å². The van der Waals surface area contributed by atoms with E-state index in [2.05, 4.69) is 24.3 Å². The van der Waals surface area contributed by atoms with Crippen molar-refractivity contribution in [3.8, 4) is 0 Å². The first-order valence-corrected chi connectivity index (χ1v) is 6.56. The molecule has 1 atom stereocenters. The number of benzene rings is 2. The maximum absolute atomic E-state index is 6.37. The number of hydrogen-bond acceptors (Lipinski definition) is 1. The third-order valence-corrected chi connectivity index (χ3v) is 3.47. The minimum absolute atomic E-state index is 0.152. The summed E-state index contributed by atoms with van der Waals surface area (Å²) in [4.78, 5) is 0. The molecule has 1 aliphatic heterocycles. The molecule has 0 saturated heterocycles. The van der Waals surface area contributed by atoms with E-state index in [9.17, 15) is 0 Å². The van der Waals surface area contributed by atoms with E-state index < -0.39 is 0 Å². The molecule has 0 bridgehead atoms. The first kappa shape index (κ1) is 12.1. The topological polar surface area (TPSA) is 9.23 Å². The van der Waals surface area contributed by atoms with Crippen molar-refractivity contribution >= 4 is 17.2 Å². The second-order valence-electron chi connectivity index (χ2n) is 4.36. The molecule has 0 fully saturated rings. The van der Waals surface area contributed by atoms with Gasteiger partial charge in [-0.3, -0.25) is 0 Å². The quantitative estimate of drug-likeness (QED) is 0.751. The van der Waals surface area contributed by atoms with Crippen LogP contribution in [0.25, 0.3) is 5.57 Å². The van der Waals surface area contributed by atoms with Gasteiger partial charge in [0.2, 0.25) is 0 Å². The van der Waals surface area contributed by atoms with Gasteiger partial charge in [0.05, 0.1) is 11.3 Å². The Kier molecular flexibility index (Phi) is 3.39. The molecule has 19 heavy (non-hydrogen) atoms. The average Bonchev–Trinajstić information content (AvgIpc) is 2.49. The number of rotatable bonds is 2. The van der Waals surface area contributed by atoms with E-state index in [-0.39, 0.29) is 6.10 Å². The van der Waals surface area contributed by atoms with Gasteiger partial charge in [-0.1, -0.05) is 72.3 Å². The Morgan fingerprint density at radius 2 is 1.47 bits per heavy atom. The summed E-state index contributed by atoms with van der Waals surface area (Å²) in [6, 6.07) is 20.2. The fourth-order valence-corrected chi connectivity index (χ4v) is 2.50. The normalized spacial score (nSPS) is 18.3. The minimum Gasteiger partial charge on any atom is -0.488 e. The highest BCUT2D eigenvalue weighted by molar-refractivity contribution is 6.34. The SMILES string of the molecule is ClC1=C(c2ccccc2)C(c2ccccc2)OC=C1. The molecular weight excluding hydrogens is 256 g/mol. The van der Waals surface area contributed by atoms with Gasteiger partial charge in [-0.15, -0.1) is 0 Å². The van der Waals surface area contributed by atoms with Crippen molar-refractivity contribution < 1.29 is 4.74 Å². The average molecular weight is 269 g/mol. The third kappa shape index (κ3) is 2.42. The van der Waals surface area contributed by atoms with Crippen molar-refractivity contribution in [3.05, 3.63) is 89.2 Å². The molecule has 0 amide bonds.